The molecule has 0 amide bonds. The van der Waals surface area contributed by atoms with Gasteiger partial charge in [0.05, 0.1) is 33.0 Å². The first-order chi connectivity index (χ1) is 8.54. The lowest BCUT2D eigenvalue weighted by molar-refractivity contribution is -0.151. The standard InChI is InChI=1S/C12H25NO5/c1-12(2,13-3)11(14)18-10-9-17-8-7-16-6-5-15-4/h13H,5-10H2,1-4H3. The van der Waals surface area contributed by atoms with E-state index in [4.69, 9.17) is 18.9 Å². The number of hydrogen-bond donors (Lipinski definition) is 1. The fourth-order valence-electron chi connectivity index (χ4n) is 0.940. The summed E-state index contributed by atoms with van der Waals surface area (Å²) in [6.45, 7) is 6.29. The minimum absolute atomic E-state index is 0.252. The van der Waals surface area contributed by atoms with Crippen molar-refractivity contribution in [1.29, 1.82) is 0 Å². The van der Waals surface area contributed by atoms with Gasteiger partial charge >= 0.3 is 5.97 Å². The Morgan fingerprint density at radius 2 is 1.50 bits per heavy atom. The molecule has 0 heterocycles. The van der Waals surface area contributed by atoms with Gasteiger partial charge < -0.3 is 24.3 Å². The summed E-state index contributed by atoms with van der Waals surface area (Å²) in [5, 5.41) is 2.87. The number of methoxy groups -OCH3 is 1. The maximum atomic E-state index is 11.5. The number of nitrogens with one attached hydrogen (secondary N) is 1. The SMILES string of the molecule is CNC(C)(C)C(=O)OCCOCCOCCOC. The highest BCUT2D eigenvalue weighted by Crippen LogP contribution is 2.03. The van der Waals surface area contributed by atoms with Gasteiger partial charge in [-0.25, -0.2) is 0 Å². The minimum atomic E-state index is -0.663. The first kappa shape index (κ1) is 17.3. The third-order valence-corrected chi connectivity index (χ3v) is 2.40. The van der Waals surface area contributed by atoms with Crippen molar-refractivity contribution in [3.63, 3.8) is 0 Å². The Kier molecular flexibility index (Phi) is 9.86. The molecule has 6 heteroatoms. The number of hydrogen-bond acceptors (Lipinski definition) is 6. The molecule has 0 rings (SSSR count). The number of esters is 1. The average Bonchev–Trinajstić information content (AvgIpc) is 2.36. The Bertz CT molecular complexity index is 221. The quantitative estimate of drug-likeness (QED) is 0.424. The molecule has 0 aromatic rings. The molecular formula is C12H25NO5. The van der Waals surface area contributed by atoms with Crippen LogP contribution in [0.25, 0.3) is 0 Å². The predicted octanol–water partition coefficient (Wildman–Crippen LogP) is 0.207. The van der Waals surface area contributed by atoms with Crippen molar-refractivity contribution in [3.05, 3.63) is 0 Å². The summed E-state index contributed by atoms with van der Waals surface area (Å²) < 4.78 is 20.3. The van der Waals surface area contributed by atoms with Gasteiger partial charge in [0, 0.05) is 7.11 Å². The van der Waals surface area contributed by atoms with Crippen molar-refractivity contribution in [3.8, 4) is 0 Å². The Balaban J connectivity index is 3.33. The van der Waals surface area contributed by atoms with E-state index in [9.17, 15) is 4.79 Å². The van der Waals surface area contributed by atoms with Crippen LogP contribution in [0.3, 0.4) is 0 Å². The molecule has 0 saturated carbocycles. The maximum Gasteiger partial charge on any atom is 0.325 e. The van der Waals surface area contributed by atoms with Crippen LogP contribution in [0.5, 0.6) is 0 Å². The highest BCUT2D eigenvalue weighted by atomic mass is 16.6. The molecule has 0 aromatic heterocycles. The number of carbonyl (C=O) groups excluding carboxylic acids is 1. The molecule has 0 unspecified atom stereocenters. The predicted molar refractivity (Wildman–Crippen MR) is 67.6 cm³/mol. The largest absolute Gasteiger partial charge is 0.462 e. The van der Waals surface area contributed by atoms with Crippen molar-refractivity contribution in [2.75, 3.05) is 53.8 Å². The normalized spacial score (nSPS) is 11.6. The summed E-state index contributed by atoms with van der Waals surface area (Å²) in [4.78, 5) is 11.5. The van der Waals surface area contributed by atoms with Gasteiger partial charge in [-0.3, -0.25) is 4.79 Å². The Morgan fingerprint density at radius 1 is 1.00 bits per heavy atom. The molecule has 1 N–H and O–H groups in total. The third kappa shape index (κ3) is 8.41. The van der Waals surface area contributed by atoms with E-state index in [0.29, 0.717) is 33.0 Å². The monoisotopic (exact) mass is 263 g/mol. The summed E-state index contributed by atoms with van der Waals surface area (Å²) in [6, 6.07) is 0. The molecule has 0 spiro atoms. The van der Waals surface area contributed by atoms with Crippen LogP contribution in [0.2, 0.25) is 0 Å². The Morgan fingerprint density at radius 3 is 2.00 bits per heavy atom. The fraction of sp³-hybridized carbons (Fsp3) is 0.917. The summed E-state index contributed by atoms with van der Waals surface area (Å²) >= 11 is 0. The van der Waals surface area contributed by atoms with Gasteiger partial charge in [-0.15, -0.1) is 0 Å². The number of likely N-dealkylation sites (N-methyl/N-ethyl adjacent to an activating group) is 1. The second-order valence-corrected chi connectivity index (χ2v) is 4.23. The second-order valence-electron chi connectivity index (χ2n) is 4.23. The zero-order chi connectivity index (χ0) is 13.9. The average molecular weight is 263 g/mol. The second kappa shape index (κ2) is 10.3. The Labute approximate surface area is 109 Å². The molecule has 0 radical (unpaired) electrons. The fourth-order valence-corrected chi connectivity index (χ4v) is 0.940. The van der Waals surface area contributed by atoms with Crippen LogP contribution in [-0.2, 0) is 23.7 Å². The van der Waals surface area contributed by atoms with E-state index in [1.54, 1.807) is 28.0 Å². The molecule has 0 bridgehead atoms. The van der Waals surface area contributed by atoms with E-state index >= 15 is 0 Å². The van der Waals surface area contributed by atoms with Gasteiger partial charge in [0.2, 0.25) is 0 Å². The zero-order valence-electron chi connectivity index (χ0n) is 11.8. The van der Waals surface area contributed by atoms with Crippen LogP contribution in [-0.4, -0.2) is 65.3 Å². The number of carbonyl (C=O) groups is 1. The van der Waals surface area contributed by atoms with Gasteiger partial charge in [0.1, 0.15) is 12.1 Å². The van der Waals surface area contributed by atoms with Crippen LogP contribution in [0.1, 0.15) is 13.8 Å². The lowest BCUT2D eigenvalue weighted by Gasteiger charge is -2.21. The molecule has 108 valence electrons. The zero-order valence-corrected chi connectivity index (χ0v) is 11.8. The molecule has 6 nitrogen and oxygen atoms in total. The first-order valence-electron chi connectivity index (χ1n) is 6.05. The number of rotatable bonds is 11. The molecule has 0 atom stereocenters. The van der Waals surface area contributed by atoms with Crippen LogP contribution < -0.4 is 5.32 Å². The van der Waals surface area contributed by atoms with E-state index in [1.807, 2.05) is 0 Å². The summed E-state index contributed by atoms with van der Waals surface area (Å²) in [5.74, 6) is -0.287. The lowest BCUT2D eigenvalue weighted by Crippen LogP contribution is -2.45. The van der Waals surface area contributed by atoms with Crippen LogP contribution >= 0.6 is 0 Å². The van der Waals surface area contributed by atoms with Crippen LogP contribution in [0, 0.1) is 0 Å². The van der Waals surface area contributed by atoms with E-state index in [-0.39, 0.29) is 12.6 Å². The molecule has 0 aliphatic heterocycles. The van der Waals surface area contributed by atoms with Crippen molar-refractivity contribution in [2.24, 2.45) is 0 Å². The third-order valence-electron chi connectivity index (χ3n) is 2.40. The minimum Gasteiger partial charge on any atom is -0.462 e. The van der Waals surface area contributed by atoms with Crippen molar-refractivity contribution in [2.45, 2.75) is 19.4 Å². The molecule has 0 aromatic carbocycles. The lowest BCUT2D eigenvalue weighted by atomic mass is 10.1. The van der Waals surface area contributed by atoms with Gasteiger partial charge in [0.25, 0.3) is 0 Å². The van der Waals surface area contributed by atoms with Gasteiger partial charge in [-0.1, -0.05) is 0 Å². The van der Waals surface area contributed by atoms with E-state index < -0.39 is 5.54 Å². The molecular weight excluding hydrogens is 238 g/mol. The molecule has 0 fully saturated rings. The summed E-state index contributed by atoms with van der Waals surface area (Å²) in [7, 11) is 3.34. The summed E-state index contributed by atoms with van der Waals surface area (Å²) in [5.41, 5.74) is -0.663. The van der Waals surface area contributed by atoms with Gasteiger partial charge in [-0.2, -0.15) is 0 Å². The van der Waals surface area contributed by atoms with Gasteiger partial charge in [-0.05, 0) is 20.9 Å². The molecule has 0 aliphatic carbocycles. The smallest absolute Gasteiger partial charge is 0.325 e. The van der Waals surface area contributed by atoms with Crippen molar-refractivity contribution >= 4 is 5.97 Å². The Hall–Kier alpha value is -0.690. The van der Waals surface area contributed by atoms with E-state index in [2.05, 4.69) is 5.32 Å². The molecule has 18 heavy (non-hydrogen) atoms. The van der Waals surface area contributed by atoms with Crippen LogP contribution in [0.15, 0.2) is 0 Å². The van der Waals surface area contributed by atoms with E-state index in [0.717, 1.165) is 0 Å². The van der Waals surface area contributed by atoms with Crippen molar-refractivity contribution < 1.29 is 23.7 Å². The first-order valence-corrected chi connectivity index (χ1v) is 6.05. The van der Waals surface area contributed by atoms with Gasteiger partial charge in [0.15, 0.2) is 0 Å². The molecule has 0 saturated heterocycles. The maximum absolute atomic E-state index is 11.5. The highest BCUT2D eigenvalue weighted by molar-refractivity contribution is 5.79. The highest BCUT2D eigenvalue weighted by Gasteiger charge is 2.26. The number of ether oxygens (including phenoxy) is 4. The topological polar surface area (TPSA) is 66.0 Å². The summed E-state index contributed by atoms with van der Waals surface area (Å²) in [6.07, 6.45) is 0. The van der Waals surface area contributed by atoms with Crippen LogP contribution in [0.4, 0.5) is 0 Å². The molecule has 0 aliphatic rings. The van der Waals surface area contributed by atoms with E-state index in [1.165, 1.54) is 0 Å². The van der Waals surface area contributed by atoms with Crippen molar-refractivity contribution in [1.82, 2.24) is 5.32 Å².